The predicted molar refractivity (Wildman–Crippen MR) is 130 cm³/mol. The van der Waals surface area contributed by atoms with Crippen LogP contribution in [0.1, 0.15) is 22.8 Å². The molecule has 0 aliphatic carbocycles. The van der Waals surface area contributed by atoms with E-state index in [-0.39, 0.29) is 29.9 Å². The van der Waals surface area contributed by atoms with E-state index in [1.54, 1.807) is 0 Å². The van der Waals surface area contributed by atoms with Crippen molar-refractivity contribution in [1.29, 1.82) is 0 Å². The highest BCUT2D eigenvalue weighted by molar-refractivity contribution is 14.0. The molecule has 3 N–H and O–H groups in total. The number of halogens is 1. The van der Waals surface area contributed by atoms with Gasteiger partial charge in [-0.05, 0) is 50.8 Å². The van der Waals surface area contributed by atoms with E-state index >= 15 is 0 Å². The molecule has 0 saturated carbocycles. The van der Waals surface area contributed by atoms with Gasteiger partial charge in [-0.3, -0.25) is 4.79 Å². The number of rotatable bonds is 10. The van der Waals surface area contributed by atoms with Crippen LogP contribution in [-0.4, -0.2) is 61.6 Å². The number of hydrogen-bond acceptors (Lipinski definition) is 3. The Hall–Kier alpha value is -2.07. The summed E-state index contributed by atoms with van der Waals surface area (Å²) >= 11 is 0. The number of likely N-dealkylation sites (N-methyl/N-ethyl adjacent to an activating group) is 1. The van der Waals surface area contributed by atoms with E-state index in [1.165, 1.54) is 0 Å². The third-order valence-electron chi connectivity index (χ3n) is 4.13. The Kier molecular flexibility index (Phi) is 12.1. The number of benzene rings is 1. The molecule has 0 spiro atoms. The molecule has 2 rings (SSSR count). The summed E-state index contributed by atoms with van der Waals surface area (Å²) in [6.45, 7) is 6.46. The van der Waals surface area contributed by atoms with Gasteiger partial charge in [0.15, 0.2) is 5.96 Å². The maximum atomic E-state index is 12.3. The van der Waals surface area contributed by atoms with Crippen LogP contribution < -0.4 is 16.0 Å². The summed E-state index contributed by atoms with van der Waals surface area (Å²) in [7, 11) is 3.97. The van der Waals surface area contributed by atoms with Gasteiger partial charge in [0.2, 0.25) is 0 Å². The molecule has 0 saturated heterocycles. The van der Waals surface area contributed by atoms with Crippen molar-refractivity contribution >= 4 is 35.8 Å². The molecule has 0 atom stereocenters. The summed E-state index contributed by atoms with van der Waals surface area (Å²) in [4.78, 5) is 19.0. The Morgan fingerprint density at radius 1 is 1.07 bits per heavy atom. The van der Waals surface area contributed by atoms with Gasteiger partial charge in [0.05, 0.1) is 6.54 Å². The molecule has 0 fully saturated rings. The lowest BCUT2D eigenvalue weighted by atomic mass is 10.1. The van der Waals surface area contributed by atoms with Crippen LogP contribution in [0, 0.1) is 0 Å². The van der Waals surface area contributed by atoms with Crippen molar-refractivity contribution in [2.75, 3.05) is 40.3 Å². The number of aromatic nitrogens is 1. The Morgan fingerprint density at radius 3 is 2.52 bits per heavy atom. The molecule has 0 aliphatic rings. The Bertz CT molecular complexity index is 745. The first kappa shape index (κ1) is 25.0. The Labute approximate surface area is 191 Å². The molecule has 1 amide bonds. The minimum absolute atomic E-state index is 0. The van der Waals surface area contributed by atoms with Gasteiger partial charge in [0.25, 0.3) is 5.91 Å². The smallest absolute Gasteiger partial charge is 0.251 e. The maximum absolute atomic E-state index is 12.3. The summed E-state index contributed by atoms with van der Waals surface area (Å²) in [5.74, 6) is 0.722. The van der Waals surface area contributed by atoms with E-state index in [4.69, 9.17) is 0 Å². The van der Waals surface area contributed by atoms with Crippen molar-refractivity contribution in [3.05, 3.63) is 59.9 Å². The largest absolute Gasteiger partial charge is 0.357 e. The van der Waals surface area contributed by atoms with Crippen molar-refractivity contribution in [3.63, 3.8) is 0 Å². The second-order valence-electron chi connectivity index (χ2n) is 6.80. The van der Waals surface area contributed by atoms with E-state index in [9.17, 15) is 4.79 Å². The summed E-state index contributed by atoms with van der Waals surface area (Å²) in [5, 5.41) is 9.53. The van der Waals surface area contributed by atoms with Crippen LogP contribution in [0.15, 0.2) is 53.8 Å². The number of nitrogens with zero attached hydrogens (tertiary/aromatic N) is 3. The number of hydrogen-bond donors (Lipinski definition) is 3. The summed E-state index contributed by atoms with van der Waals surface area (Å²) in [5.41, 5.74) is 1.67. The third kappa shape index (κ3) is 9.80. The number of carbonyl (C=O) groups is 1. The summed E-state index contributed by atoms with van der Waals surface area (Å²) in [6, 6.07) is 11.7. The van der Waals surface area contributed by atoms with Gasteiger partial charge in [-0.2, -0.15) is 0 Å². The number of guanidine groups is 1. The maximum Gasteiger partial charge on any atom is 0.251 e. The fourth-order valence-corrected chi connectivity index (χ4v) is 2.64. The van der Waals surface area contributed by atoms with E-state index in [1.807, 2.05) is 74.7 Å². The number of nitrogens with one attached hydrogen (secondary N) is 3. The van der Waals surface area contributed by atoms with Gasteiger partial charge in [0.1, 0.15) is 0 Å². The molecular weight excluding hydrogens is 479 g/mol. The van der Waals surface area contributed by atoms with Crippen molar-refractivity contribution in [1.82, 2.24) is 25.4 Å². The average Bonchev–Trinajstić information content (AvgIpc) is 3.19. The molecule has 0 radical (unpaired) electrons. The van der Waals surface area contributed by atoms with Gasteiger partial charge in [0, 0.05) is 50.7 Å². The second-order valence-corrected chi connectivity index (χ2v) is 6.80. The van der Waals surface area contributed by atoms with Gasteiger partial charge >= 0.3 is 0 Å². The number of carbonyl (C=O) groups excluding carboxylic acids is 1. The fourth-order valence-electron chi connectivity index (χ4n) is 2.64. The first-order valence-electron chi connectivity index (χ1n) is 9.73. The number of amides is 1. The minimum Gasteiger partial charge on any atom is -0.357 e. The molecule has 7 nitrogen and oxygen atoms in total. The van der Waals surface area contributed by atoms with E-state index in [2.05, 4.69) is 25.5 Å². The lowest BCUT2D eigenvalue weighted by Crippen LogP contribution is -2.38. The highest BCUT2D eigenvalue weighted by Gasteiger charge is 2.06. The molecule has 2 aromatic rings. The Morgan fingerprint density at radius 2 is 1.83 bits per heavy atom. The normalized spacial score (nSPS) is 11.1. The molecule has 0 bridgehead atoms. The number of aliphatic imine (C=N–C) groups is 1. The highest BCUT2D eigenvalue weighted by Crippen LogP contribution is 2.07. The minimum atomic E-state index is -0.0515. The molecule has 0 unspecified atom stereocenters. The van der Waals surface area contributed by atoms with Crippen LogP contribution in [-0.2, 0) is 13.1 Å². The predicted octanol–water partition coefficient (Wildman–Crippen LogP) is 2.15. The van der Waals surface area contributed by atoms with Crippen LogP contribution in [0.3, 0.4) is 0 Å². The summed E-state index contributed by atoms with van der Waals surface area (Å²) < 4.78 is 2.12. The van der Waals surface area contributed by atoms with Crippen molar-refractivity contribution in [2.24, 2.45) is 4.99 Å². The summed E-state index contributed by atoms with van der Waals surface area (Å²) in [6.07, 6.45) is 4.08. The zero-order valence-electron chi connectivity index (χ0n) is 17.5. The van der Waals surface area contributed by atoms with Gasteiger partial charge in [-0.15, -0.1) is 24.0 Å². The molecule has 1 aromatic carbocycles. The lowest BCUT2D eigenvalue weighted by Gasteiger charge is -2.12. The molecule has 1 aromatic heterocycles. The topological polar surface area (TPSA) is 73.7 Å². The van der Waals surface area contributed by atoms with Crippen molar-refractivity contribution in [3.8, 4) is 0 Å². The van der Waals surface area contributed by atoms with Crippen molar-refractivity contribution in [2.45, 2.75) is 20.0 Å². The fraction of sp³-hybridized carbons (Fsp3) is 0.429. The molecule has 29 heavy (non-hydrogen) atoms. The molecular formula is C21H33IN6O. The van der Waals surface area contributed by atoms with Crippen LogP contribution in [0.4, 0.5) is 0 Å². The first-order chi connectivity index (χ1) is 13.6. The average molecular weight is 512 g/mol. The van der Waals surface area contributed by atoms with E-state index in [0.29, 0.717) is 18.7 Å². The van der Waals surface area contributed by atoms with E-state index in [0.717, 1.165) is 37.7 Å². The van der Waals surface area contributed by atoms with Crippen LogP contribution in [0.5, 0.6) is 0 Å². The van der Waals surface area contributed by atoms with Crippen LogP contribution in [0.25, 0.3) is 0 Å². The molecule has 8 heteroatoms. The molecule has 0 aliphatic heterocycles. The monoisotopic (exact) mass is 512 g/mol. The standard InChI is InChI=1S/C21H32N6O.HI/c1-4-22-21(24-11-15-27-12-5-6-13-27)25-17-18-8-7-9-19(16-18)20(28)23-10-14-26(2)3;/h5-9,12-13,16H,4,10-11,14-15,17H2,1-3H3,(H,23,28)(H2,22,24,25);1H. The zero-order chi connectivity index (χ0) is 20.2. The Balaban J connectivity index is 0.00000420. The first-order valence-corrected chi connectivity index (χ1v) is 9.73. The van der Waals surface area contributed by atoms with Gasteiger partial charge in [-0.1, -0.05) is 12.1 Å². The SMILES string of the molecule is CCNC(=NCc1cccc(C(=O)NCCN(C)C)c1)NCCn1cccc1.I. The zero-order valence-corrected chi connectivity index (χ0v) is 19.8. The molecule has 1 heterocycles. The highest BCUT2D eigenvalue weighted by atomic mass is 127. The van der Waals surface area contributed by atoms with E-state index < -0.39 is 0 Å². The lowest BCUT2D eigenvalue weighted by molar-refractivity contribution is 0.0951. The van der Waals surface area contributed by atoms with Crippen LogP contribution in [0.2, 0.25) is 0 Å². The quantitative estimate of drug-likeness (QED) is 0.259. The van der Waals surface area contributed by atoms with Gasteiger partial charge < -0.3 is 25.4 Å². The van der Waals surface area contributed by atoms with Crippen LogP contribution >= 0.6 is 24.0 Å². The van der Waals surface area contributed by atoms with Gasteiger partial charge in [-0.25, -0.2) is 4.99 Å². The van der Waals surface area contributed by atoms with Crippen molar-refractivity contribution < 1.29 is 4.79 Å². The second kappa shape index (κ2) is 14.0. The molecule has 160 valence electrons. The third-order valence-corrected chi connectivity index (χ3v) is 4.13.